The van der Waals surface area contributed by atoms with Crippen LogP contribution in [0, 0.1) is 0 Å². The van der Waals surface area contributed by atoms with Crippen LogP contribution in [0.2, 0.25) is 0 Å². The molecule has 166 valence electrons. The van der Waals surface area contributed by atoms with Crippen molar-refractivity contribution in [2.45, 2.75) is 6.42 Å². The minimum Gasteiger partial charge on any atom is -0.492 e. The van der Waals surface area contributed by atoms with Crippen molar-refractivity contribution in [3.05, 3.63) is 94.0 Å². The second-order valence-corrected chi connectivity index (χ2v) is 7.63. The maximum Gasteiger partial charge on any atom is 0.343 e. The van der Waals surface area contributed by atoms with Gasteiger partial charge in [0, 0.05) is 13.5 Å². The molecule has 0 radical (unpaired) electrons. The Morgan fingerprint density at radius 3 is 2.34 bits per heavy atom. The average Bonchev–Trinajstić information content (AvgIpc) is 2.81. The number of benzene rings is 3. The quantitative estimate of drug-likeness (QED) is 0.220. The predicted molar refractivity (Wildman–Crippen MR) is 123 cm³/mol. The van der Waals surface area contributed by atoms with E-state index in [1.54, 1.807) is 36.4 Å². The molecule has 0 aliphatic heterocycles. The van der Waals surface area contributed by atoms with Crippen molar-refractivity contribution in [1.82, 2.24) is 0 Å². The summed E-state index contributed by atoms with van der Waals surface area (Å²) in [5.74, 6) is -0.181. The maximum atomic E-state index is 12.6. The van der Waals surface area contributed by atoms with Gasteiger partial charge in [-0.1, -0.05) is 36.4 Å². The third-order valence-corrected chi connectivity index (χ3v) is 5.08. The van der Waals surface area contributed by atoms with Crippen molar-refractivity contribution in [2.75, 3.05) is 26.9 Å². The smallest absolute Gasteiger partial charge is 0.343 e. The SMILES string of the molecule is COCCOC(=O)c1cccc(OC(=O)c2ccc(OCCc3ccccc3)c(Br)c2)c1. The number of halogens is 1. The molecule has 0 aliphatic rings. The summed E-state index contributed by atoms with van der Waals surface area (Å²) >= 11 is 3.44. The van der Waals surface area contributed by atoms with Gasteiger partial charge in [-0.25, -0.2) is 9.59 Å². The number of rotatable bonds is 10. The van der Waals surface area contributed by atoms with E-state index in [1.165, 1.54) is 18.7 Å². The standard InChI is InChI=1S/C25H23BrO6/c1-29-14-15-31-24(27)19-8-5-9-21(16-19)32-25(28)20-10-11-23(22(26)17-20)30-13-12-18-6-3-2-4-7-18/h2-11,16-17H,12-15H2,1H3. The lowest BCUT2D eigenvalue weighted by Crippen LogP contribution is -2.11. The van der Waals surface area contributed by atoms with Gasteiger partial charge in [0.15, 0.2) is 0 Å². The maximum absolute atomic E-state index is 12.6. The molecule has 32 heavy (non-hydrogen) atoms. The van der Waals surface area contributed by atoms with Gasteiger partial charge >= 0.3 is 11.9 Å². The highest BCUT2D eigenvalue weighted by Gasteiger charge is 2.14. The van der Waals surface area contributed by atoms with Gasteiger partial charge in [0.1, 0.15) is 18.1 Å². The number of carbonyl (C=O) groups is 2. The first-order valence-electron chi connectivity index (χ1n) is 10.0. The number of ether oxygens (including phenoxy) is 4. The van der Waals surface area contributed by atoms with Crippen LogP contribution in [-0.2, 0) is 15.9 Å². The molecule has 6 nitrogen and oxygen atoms in total. The molecule has 0 bridgehead atoms. The molecule has 0 N–H and O–H groups in total. The lowest BCUT2D eigenvalue weighted by Gasteiger charge is -2.10. The first-order chi connectivity index (χ1) is 15.6. The number of carbonyl (C=O) groups excluding carboxylic acids is 2. The number of hydrogen-bond donors (Lipinski definition) is 0. The molecule has 0 atom stereocenters. The zero-order valence-electron chi connectivity index (χ0n) is 17.6. The van der Waals surface area contributed by atoms with Gasteiger partial charge in [-0.3, -0.25) is 0 Å². The van der Waals surface area contributed by atoms with Crippen molar-refractivity contribution in [1.29, 1.82) is 0 Å². The van der Waals surface area contributed by atoms with Gasteiger partial charge in [-0.15, -0.1) is 0 Å². The Kier molecular flexibility index (Phi) is 8.83. The van der Waals surface area contributed by atoms with Crippen molar-refractivity contribution in [2.24, 2.45) is 0 Å². The normalized spacial score (nSPS) is 10.4. The predicted octanol–water partition coefficient (Wildman–Crippen LogP) is 5.09. The van der Waals surface area contributed by atoms with Gasteiger partial charge in [-0.2, -0.15) is 0 Å². The van der Waals surface area contributed by atoms with E-state index >= 15 is 0 Å². The Balaban J connectivity index is 1.57. The molecule has 0 unspecified atom stereocenters. The largest absolute Gasteiger partial charge is 0.492 e. The Morgan fingerprint density at radius 2 is 1.59 bits per heavy atom. The fraction of sp³-hybridized carbons (Fsp3) is 0.200. The lowest BCUT2D eigenvalue weighted by molar-refractivity contribution is 0.0387. The molecule has 0 aliphatic carbocycles. The Bertz CT molecular complexity index is 1050. The van der Waals surface area contributed by atoms with E-state index in [0.29, 0.717) is 29.0 Å². The molecule has 7 heteroatoms. The second-order valence-electron chi connectivity index (χ2n) is 6.78. The first-order valence-corrected chi connectivity index (χ1v) is 10.8. The van der Waals surface area contributed by atoms with Gasteiger partial charge in [0.2, 0.25) is 0 Å². The molecule has 0 amide bonds. The molecule has 3 aromatic carbocycles. The zero-order valence-corrected chi connectivity index (χ0v) is 19.2. The van der Waals surface area contributed by atoms with E-state index in [2.05, 4.69) is 15.9 Å². The highest BCUT2D eigenvalue weighted by Crippen LogP contribution is 2.27. The average molecular weight is 499 g/mol. The van der Waals surface area contributed by atoms with E-state index in [-0.39, 0.29) is 17.9 Å². The number of hydrogen-bond acceptors (Lipinski definition) is 6. The van der Waals surface area contributed by atoms with Crippen LogP contribution in [0.5, 0.6) is 11.5 Å². The van der Waals surface area contributed by atoms with E-state index in [4.69, 9.17) is 18.9 Å². The first kappa shape index (κ1) is 23.5. The van der Waals surface area contributed by atoms with Crippen LogP contribution in [-0.4, -0.2) is 38.9 Å². The molecule has 0 fully saturated rings. The number of methoxy groups -OCH3 is 1. The minimum atomic E-state index is -0.550. The summed E-state index contributed by atoms with van der Waals surface area (Å²) in [6, 6.07) is 21.3. The topological polar surface area (TPSA) is 71.1 Å². The fourth-order valence-electron chi connectivity index (χ4n) is 2.82. The van der Waals surface area contributed by atoms with Crippen LogP contribution in [0.15, 0.2) is 77.3 Å². The molecule has 0 spiro atoms. The van der Waals surface area contributed by atoms with Gasteiger partial charge in [0.05, 0.1) is 28.8 Å². The van der Waals surface area contributed by atoms with Gasteiger partial charge in [0.25, 0.3) is 0 Å². The summed E-state index contributed by atoms with van der Waals surface area (Å²) in [7, 11) is 1.52. The Labute approximate surface area is 195 Å². The van der Waals surface area contributed by atoms with Gasteiger partial charge < -0.3 is 18.9 Å². The van der Waals surface area contributed by atoms with Crippen LogP contribution in [0.3, 0.4) is 0 Å². The summed E-state index contributed by atoms with van der Waals surface area (Å²) in [6.07, 6.45) is 0.779. The summed E-state index contributed by atoms with van der Waals surface area (Å²) < 4.78 is 21.8. The lowest BCUT2D eigenvalue weighted by atomic mass is 10.2. The third kappa shape index (κ3) is 6.93. The monoisotopic (exact) mass is 498 g/mol. The number of esters is 2. The van der Waals surface area contributed by atoms with Crippen molar-refractivity contribution in [3.8, 4) is 11.5 Å². The molecule has 0 saturated carbocycles. The fourth-order valence-corrected chi connectivity index (χ4v) is 3.32. The van der Waals surface area contributed by atoms with Crippen molar-refractivity contribution < 1.29 is 28.5 Å². The molecule has 3 rings (SSSR count). The van der Waals surface area contributed by atoms with E-state index in [0.717, 1.165) is 6.42 Å². The van der Waals surface area contributed by atoms with Crippen molar-refractivity contribution >= 4 is 27.9 Å². The van der Waals surface area contributed by atoms with E-state index in [1.807, 2.05) is 30.3 Å². The molecule has 0 saturated heterocycles. The molecular formula is C25H23BrO6. The highest BCUT2D eigenvalue weighted by molar-refractivity contribution is 9.10. The van der Waals surface area contributed by atoms with E-state index in [9.17, 15) is 9.59 Å². The third-order valence-electron chi connectivity index (χ3n) is 4.46. The molecular weight excluding hydrogens is 476 g/mol. The molecule has 0 heterocycles. The van der Waals surface area contributed by atoms with Crippen LogP contribution in [0.25, 0.3) is 0 Å². The summed E-state index contributed by atoms with van der Waals surface area (Å²) in [5, 5.41) is 0. The van der Waals surface area contributed by atoms with E-state index < -0.39 is 11.9 Å². The summed E-state index contributed by atoms with van der Waals surface area (Å²) in [6.45, 7) is 0.966. The Morgan fingerprint density at radius 1 is 0.812 bits per heavy atom. The highest BCUT2D eigenvalue weighted by atomic mass is 79.9. The molecule has 3 aromatic rings. The van der Waals surface area contributed by atoms with Gasteiger partial charge in [-0.05, 0) is 57.9 Å². The van der Waals surface area contributed by atoms with Crippen LogP contribution in [0.1, 0.15) is 26.3 Å². The zero-order chi connectivity index (χ0) is 22.8. The second kappa shape index (κ2) is 12.0. The van der Waals surface area contributed by atoms with Crippen LogP contribution < -0.4 is 9.47 Å². The van der Waals surface area contributed by atoms with Crippen LogP contribution in [0.4, 0.5) is 0 Å². The minimum absolute atomic E-state index is 0.146. The molecule has 0 aromatic heterocycles. The van der Waals surface area contributed by atoms with Crippen molar-refractivity contribution in [3.63, 3.8) is 0 Å². The van der Waals surface area contributed by atoms with Crippen LogP contribution >= 0.6 is 15.9 Å². The summed E-state index contributed by atoms with van der Waals surface area (Å²) in [5.41, 5.74) is 1.82. The Hall–Kier alpha value is -3.16. The summed E-state index contributed by atoms with van der Waals surface area (Å²) in [4.78, 5) is 24.6.